The number of urea groups is 1. The zero-order valence-corrected chi connectivity index (χ0v) is 10.7. The highest BCUT2D eigenvalue weighted by atomic mass is 16.5. The van der Waals surface area contributed by atoms with Crippen molar-refractivity contribution in [3.63, 3.8) is 0 Å². The number of carboxylic acid groups (broad SMARTS) is 1. The van der Waals surface area contributed by atoms with Gasteiger partial charge in [0, 0.05) is 20.1 Å². The van der Waals surface area contributed by atoms with Crippen molar-refractivity contribution in [2.75, 3.05) is 27.3 Å². The Hall–Kier alpha value is -1.30. The number of carbonyl (C=O) groups is 2. The molecule has 2 unspecified atom stereocenters. The minimum absolute atomic E-state index is 0.0792. The van der Waals surface area contributed by atoms with E-state index < -0.39 is 11.9 Å². The van der Waals surface area contributed by atoms with Crippen LogP contribution in [0.1, 0.15) is 13.8 Å². The van der Waals surface area contributed by atoms with E-state index in [9.17, 15) is 9.59 Å². The second-order valence-corrected chi connectivity index (χ2v) is 4.65. The summed E-state index contributed by atoms with van der Waals surface area (Å²) in [5, 5.41) is 9.03. The lowest BCUT2D eigenvalue weighted by atomic mass is 10.0. The first kappa shape index (κ1) is 13.8. The van der Waals surface area contributed by atoms with Crippen LogP contribution in [0.5, 0.6) is 0 Å². The smallest absolute Gasteiger partial charge is 0.320 e. The third-order valence-corrected chi connectivity index (χ3v) is 3.24. The fourth-order valence-electron chi connectivity index (χ4n) is 1.77. The molecule has 1 aliphatic heterocycles. The number of carboxylic acids is 1. The molecule has 2 atom stereocenters. The molecule has 0 aliphatic carbocycles. The lowest BCUT2D eigenvalue weighted by Crippen LogP contribution is -2.50. The fraction of sp³-hybridized carbons (Fsp3) is 0.818. The zero-order chi connectivity index (χ0) is 13.2. The van der Waals surface area contributed by atoms with Gasteiger partial charge in [-0.3, -0.25) is 4.79 Å². The molecule has 1 heterocycles. The van der Waals surface area contributed by atoms with Crippen LogP contribution in [0.4, 0.5) is 4.79 Å². The summed E-state index contributed by atoms with van der Waals surface area (Å²) in [6.45, 7) is 4.27. The molecule has 1 saturated heterocycles. The molecule has 0 bridgehead atoms. The molecule has 0 radical (unpaired) electrons. The molecule has 1 aliphatic rings. The molecular formula is C11H20N2O4. The van der Waals surface area contributed by atoms with Crippen LogP contribution < -0.4 is 0 Å². The summed E-state index contributed by atoms with van der Waals surface area (Å²) in [7, 11) is 3.32. The quantitative estimate of drug-likeness (QED) is 0.784. The highest BCUT2D eigenvalue weighted by Gasteiger charge is 2.39. The number of ether oxygens (including phenoxy) is 1. The van der Waals surface area contributed by atoms with Crippen LogP contribution in [-0.4, -0.2) is 66.3 Å². The second kappa shape index (κ2) is 5.35. The Kier molecular flexibility index (Phi) is 4.34. The predicted molar refractivity (Wildman–Crippen MR) is 61.8 cm³/mol. The number of carbonyl (C=O) groups excluding carboxylic acids is 1. The minimum Gasteiger partial charge on any atom is -0.481 e. The maximum atomic E-state index is 12.0. The van der Waals surface area contributed by atoms with Gasteiger partial charge in [-0.2, -0.15) is 0 Å². The van der Waals surface area contributed by atoms with Crippen molar-refractivity contribution in [1.29, 1.82) is 0 Å². The summed E-state index contributed by atoms with van der Waals surface area (Å²) in [4.78, 5) is 26.1. The fourth-order valence-corrected chi connectivity index (χ4v) is 1.77. The summed E-state index contributed by atoms with van der Waals surface area (Å²) in [6, 6.07) is -0.488. The van der Waals surface area contributed by atoms with E-state index in [0.717, 1.165) is 0 Å². The molecule has 1 rings (SSSR count). The Morgan fingerprint density at radius 1 is 1.29 bits per heavy atom. The van der Waals surface area contributed by atoms with E-state index in [4.69, 9.17) is 9.84 Å². The van der Waals surface area contributed by atoms with Crippen molar-refractivity contribution in [3.8, 4) is 0 Å². The minimum atomic E-state index is -0.917. The Bertz CT molecular complexity index is 306. The van der Waals surface area contributed by atoms with Crippen molar-refractivity contribution in [1.82, 2.24) is 9.80 Å². The monoisotopic (exact) mass is 244 g/mol. The van der Waals surface area contributed by atoms with Crippen LogP contribution in [0, 0.1) is 5.92 Å². The largest absolute Gasteiger partial charge is 0.481 e. The number of hydrogen-bond donors (Lipinski definition) is 1. The summed E-state index contributed by atoms with van der Waals surface area (Å²) in [6.07, 6.45) is 0. The van der Waals surface area contributed by atoms with Gasteiger partial charge in [-0.05, 0) is 13.8 Å². The molecule has 0 aromatic rings. The van der Waals surface area contributed by atoms with Crippen molar-refractivity contribution < 1.29 is 19.4 Å². The normalized spacial score (nSPS) is 23.8. The van der Waals surface area contributed by atoms with Crippen LogP contribution in [-0.2, 0) is 9.53 Å². The number of likely N-dealkylation sites (N-methyl/N-ethyl adjacent to an activating group) is 1. The van der Waals surface area contributed by atoms with E-state index in [1.54, 1.807) is 19.0 Å². The van der Waals surface area contributed by atoms with Crippen LogP contribution in [0.25, 0.3) is 0 Å². The van der Waals surface area contributed by atoms with Crippen molar-refractivity contribution >= 4 is 12.0 Å². The summed E-state index contributed by atoms with van der Waals surface area (Å²) in [5.41, 5.74) is 0. The van der Waals surface area contributed by atoms with Gasteiger partial charge >= 0.3 is 12.0 Å². The molecule has 2 amide bonds. The Balaban J connectivity index is 2.72. The van der Waals surface area contributed by atoms with Crippen molar-refractivity contribution in [3.05, 3.63) is 0 Å². The maximum Gasteiger partial charge on any atom is 0.320 e. The van der Waals surface area contributed by atoms with Gasteiger partial charge in [-0.25, -0.2) is 4.79 Å². The Labute approximate surface area is 101 Å². The molecule has 98 valence electrons. The maximum absolute atomic E-state index is 12.0. The molecule has 1 fully saturated rings. The summed E-state index contributed by atoms with van der Waals surface area (Å²) in [5.74, 6) is -1.55. The van der Waals surface area contributed by atoms with Gasteiger partial charge < -0.3 is 19.6 Å². The number of amides is 2. The van der Waals surface area contributed by atoms with E-state index in [1.807, 2.05) is 13.8 Å². The van der Waals surface area contributed by atoms with Crippen LogP contribution in [0.3, 0.4) is 0 Å². The average Bonchev–Trinajstić information content (AvgIpc) is 2.74. The number of hydrogen-bond acceptors (Lipinski definition) is 3. The van der Waals surface area contributed by atoms with Crippen molar-refractivity contribution in [2.24, 2.45) is 5.92 Å². The molecule has 17 heavy (non-hydrogen) atoms. The molecule has 1 N–H and O–H groups in total. The summed E-state index contributed by atoms with van der Waals surface area (Å²) >= 11 is 0. The molecule has 0 aromatic carbocycles. The molecule has 0 aromatic heterocycles. The SMILES string of the molecule is CC(C)N(C)C(=O)N(C)C1COCC1C(=O)O. The molecule has 0 spiro atoms. The van der Waals surface area contributed by atoms with E-state index in [0.29, 0.717) is 0 Å². The van der Waals surface area contributed by atoms with E-state index in [-0.39, 0.29) is 31.3 Å². The topological polar surface area (TPSA) is 70.1 Å². The summed E-state index contributed by atoms with van der Waals surface area (Å²) < 4.78 is 5.15. The van der Waals surface area contributed by atoms with Gasteiger partial charge in [0.25, 0.3) is 0 Å². The van der Waals surface area contributed by atoms with Crippen molar-refractivity contribution in [2.45, 2.75) is 25.9 Å². The van der Waals surface area contributed by atoms with Gasteiger partial charge in [0.2, 0.25) is 0 Å². The first-order valence-corrected chi connectivity index (χ1v) is 5.66. The first-order valence-electron chi connectivity index (χ1n) is 5.66. The highest BCUT2D eigenvalue weighted by molar-refractivity contribution is 5.77. The third kappa shape index (κ3) is 2.88. The molecule has 6 heteroatoms. The second-order valence-electron chi connectivity index (χ2n) is 4.65. The lowest BCUT2D eigenvalue weighted by Gasteiger charge is -2.32. The van der Waals surface area contributed by atoms with Gasteiger partial charge in [-0.15, -0.1) is 0 Å². The van der Waals surface area contributed by atoms with Gasteiger partial charge in [-0.1, -0.05) is 0 Å². The average molecular weight is 244 g/mol. The van der Waals surface area contributed by atoms with Gasteiger partial charge in [0.15, 0.2) is 0 Å². The van der Waals surface area contributed by atoms with E-state index >= 15 is 0 Å². The number of rotatable bonds is 3. The number of nitrogens with zero attached hydrogens (tertiary/aromatic N) is 2. The number of aliphatic carboxylic acids is 1. The van der Waals surface area contributed by atoms with Crippen LogP contribution in [0.2, 0.25) is 0 Å². The Morgan fingerprint density at radius 3 is 2.35 bits per heavy atom. The molecule has 0 saturated carbocycles. The first-order chi connectivity index (χ1) is 7.86. The van der Waals surface area contributed by atoms with Crippen LogP contribution >= 0.6 is 0 Å². The van der Waals surface area contributed by atoms with E-state index in [2.05, 4.69) is 0 Å². The zero-order valence-electron chi connectivity index (χ0n) is 10.7. The standard InChI is InChI=1S/C11H20N2O4/c1-7(2)12(3)11(16)13(4)9-6-17-5-8(9)10(14)15/h7-9H,5-6H2,1-4H3,(H,14,15). The molecular weight excluding hydrogens is 224 g/mol. The molecule has 6 nitrogen and oxygen atoms in total. The van der Waals surface area contributed by atoms with Crippen LogP contribution in [0.15, 0.2) is 0 Å². The van der Waals surface area contributed by atoms with Gasteiger partial charge in [0.1, 0.15) is 5.92 Å². The third-order valence-electron chi connectivity index (χ3n) is 3.24. The highest BCUT2D eigenvalue weighted by Crippen LogP contribution is 2.20. The Morgan fingerprint density at radius 2 is 1.88 bits per heavy atom. The van der Waals surface area contributed by atoms with Gasteiger partial charge in [0.05, 0.1) is 19.3 Å². The predicted octanol–water partition coefficient (Wildman–Crippen LogP) is 0.478. The lowest BCUT2D eigenvalue weighted by molar-refractivity contribution is -0.142. The van der Waals surface area contributed by atoms with E-state index in [1.165, 1.54) is 4.90 Å².